The number of hydrogen-bond acceptors (Lipinski definition) is 5. The fourth-order valence-electron chi connectivity index (χ4n) is 2.35. The lowest BCUT2D eigenvalue weighted by molar-refractivity contribution is 0.171. The highest BCUT2D eigenvalue weighted by Crippen LogP contribution is 2.42. The third kappa shape index (κ3) is 3.27. The first-order valence-electron chi connectivity index (χ1n) is 7.23. The van der Waals surface area contributed by atoms with E-state index in [0.29, 0.717) is 23.5 Å². The molecule has 2 aliphatic rings. The summed E-state index contributed by atoms with van der Waals surface area (Å²) in [4.78, 5) is 14.1. The second-order valence-corrected chi connectivity index (χ2v) is 6.43. The first kappa shape index (κ1) is 13.8. The van der Waals surface area contributed by atoms with Gasteiger partial charge in [-0.25, -0.2) is 4.79 Å². The van der Waals surface area contributed by atoms with Crippen LogP contribution in [0.2, 0.25) is 0 Å². The van der Waals surface area contributed by atoms with Gasteiger partial charge < -0.3 is 9.64 Å². The molecule has 1 atom stereocenters. The molecule has 7 heteroatoms. The topological polar surface area (TPSA) is 67.3 Å². The fourth-order valence-corrected chi connectivity index (χ4v) is 3.25. The van der Waals surface area contributed by atoms with Gasteiger partial charge in [0.25, 0.3) is 0 Å². The van der Waals surface area contributed by atoms with E-state index in [9.17, 15) is 4.79 Å². The van der Waals surface area contributed by atoms with Gasteiger partial charge in [0.15, 0.2) is 0 Å². The van der Waals surface area contributed by atoms with Crippen molar-refractivity contribution < 1.29 is 9.53 Å². The van der Waals surface area contributed by atoms with Crippen LogP contribution in [0.15, 0.2) is 0 Å². The van der Waals surface area contributed by atoms with E-state index in [4.69, 9.17) is 4.74 Å². The number of aromatic nitrogens is 2. The molecule has 1 aliphatic carbocycles. The smallest absolute Gasteiger partial charge is 0.323 e. The van der Waals surface area contributed by atoms with E-state index in [1.54, 1.807) is 0 Å². The van der Waals surface area contributed by atoms with E-state index in [2.05, 4.69) is 15.5 Å². The number of nitrogens with one attached hydrogen (secondary N) is 1. The Bertz CT molecular complexity index is 469. The van der Waals surface area contributed by atoms with Gasteiger partial charge in [0, 0.05) is 31.5 Å². The van der Waals surface area contributed by atoms with Gasteiger partial charge in [-0.3, -0.25) is 5.32 Å². The molecule has 1 aliphatic heterocycles. The van der Waals surface area contributed by atoms with E-state index >= 15 is 0 Å². The number of rotatable bonds is 5. The lowest BCUT2D eigenvalue weighted by atomic mass is 10.1. The van der Waals surface area contributed by atoms with Crippen molar-refractivity contribution in [2.24, 2.45) is 5.92 Å². The Kier molecular flexibility index (Phi) is 4.16. The zero-order valence-electron chi connectivity index (χ0n) is 11.7. The minimum absolute atomic E-state index is 0.0853. The Hall–Kier alpha value is -1.21. The minimum atomic E-state index is -0.0853. The molecule has 0 unspecified atom stereocenters. The summed E-state index contributed by atoms with van der Waals surface area (Å²) in [6, 6.07) is -0.0853. The Morgan fingerprint density at radius 2 is 2.30 bits per heavy atom. The zero-order chi connectivity index (χ0) is 13.9. The lowest BCUT2D eigenvalue weighted by Crippen LogP contribution is -2.38. The first-order chi connectivity index (χ1) is 9.76. The molecule has 1 aromatic rings. The van der Waals surface area contributed by atoms with E-state index < -0.39 is 0 Å². The number of nitrogens with zero attached hydrogens (tertiary/aromatic N) is 3. The van der Waals surface area contributed by atoms with Crippen LogP contribution in [0.3, 0.4) is 0 Å². The highest BCUT2D eigenvalue weighted by atomic mass is 32.1. The Labute approximate surface area is 122 Å². The average Bonchev–Trinajstić information content (AvgIpc) is 2.98. The van der Waals surface area contributed by atoms with Crippen molar-refractivity contribution >= 4 is 22.5 Å². The van der Waals surface area contributed by atoms with Gasteiger partial charge in [-0.15, -0.1) is 10.2 Å². The summed E-state index contributed by atoms with van der Waals surface area (Å²) < 4.78 is 5.36. The van der Waals surface area contributed by atoms with Gasteiger partial charge in [0.05, 0.1) is 6.61 Å². The van der Waals surface area contributed by atoms with Gasteiger partial charge in [0.2, 0.25) is 5.13 Å². The summed E-state index contributed by atoms with van der Waals surface area (Å²) >= 11 is 1.50. The summed E-state index contributed by atoms with van der Waals surface area (Å²) in [5.41, 5.74) is 0. The molecular weight excluding hydrogens is 276 g/mol. The number of carbonyl (C=O) groups is 1. The SMILES string of the molecule is CCN(C[C@@H]1CCOC1)C(=O)Nc1nnc(C2CC2)s1. The van der Waals surface area contributed by atoms with Gasteiger partial charge in [-0.2, -0.15) is 0 Å². The number of carbonyl (C=O) groups excluding carboxylic acids is 1. The Balaban J connectivity index is 1.54. The molecule has 2 amide bonds. The van der Waals surface area contributed by atoms with Crippen LogP contribution in [0, 0.1) is 5.92 Å². The molecule has 3 rings (SSSR count). The maximum atomic E-state index is 12.2. The van der Waals surface area contributed by atoms with E-state index in [1.807, 2.05) is 11.8 Å². The molecule has 110 valence electrons. The van der Waals surface area contributed by atoms with E-state index in [-0.39, 0.29) is 6.03 Å². The largest absolute Gasteiger partial charge is 0.381 e. The molecule has 0 aromatic carbocycles. The third-order valence-corrected chi connectivity index (χ3v) is 4.75. The van der Waals surface area contributed by atoms with Crippen LogP contribution >= 0.6 is 11.3 Å². The summed E-state index contributed by atoms with van der Waals surface area (Å²) in [7, 11) is 0. The molecule has 20 heavy (non-hydrogen) atoms. The summed E-state index contributed by atoms with van der Waals surface area (Å²) in [6.45, 7) is 5.00. The lowest BCUT2D eigenvalue weighted by Gasteiger charge is -2.23. The molecule has 1 saturated heterocycles. The molecule has 1 saturated carbocycles. The van der Waals surface area contributed by atoms with E-state index in [0.717, 1.165) is 31.2 Å². The first-order valence-corrected chi connectivity index (χ1v) is 8.05. The van der Waals surface area contributed by atoms with Crippen molar-refractivity contribution in [3.05, 3.63) is 5.01 Å². The highest BCUT2D eigenvalue weighted by Gasteiger charge is 2.28. The van der Waals surface area contributed by atoms with Gasteiger partial charge in [-0.1, -0.05) is 11.3 Å². The number of hydrogen-bond donors (Lipinski definition) is 1. The number of anilines is 1. The molecule has 0 bridgehead atoms. The maximum Gasteiger partial charge on any atom is 0.323 e. The standard InChI is InChI=1S/C13H20N4O2S/c1-2-17(7-9-5-6-19-8-9)13(18)14-12-16-15-11(20-12)10-3-4-10/h9-10H,2-8H2,1H3,(H,14,16,18)/t9-/m0/s1. The van der Waals surface area contributed by atoms with Crippen molar-refractivity contribution in [3.8, 4) is 0 Å². The van der Waals surface area contributed by atoms with Crippen molar-refractivity contribution in [1.82, 2.24) is 15.1 Å². The summed E-state index contributed by atoms with van der Waals surface area (Å²) in [5.74, 6) is 1.04. The van der Waals surface area contributed by atoms with Crippen LogP contribution in [-0.2, 0) is 4.74 Å². The molecule has 2 fully saturated rings. The van der Waals surface area contributed by atoms with Crippen LogP contribution in [0.1, 0.15) is 37.1 Å². The normalized spacial score (nSPS) is 21.9. The molecule has 0 spiro atoms. The highest BCUT2D eigenvalue weighted by molar-refractivity contribution is 7.15. The fraction of sp³-hybridized carbons (Fsp3) is 0.769. The van der Waals surface area contributed by atoms with Gasteiger partial charge >= 0.3 is 6.03 Å². The molecule has 6 nitrogen and oxygen atoms in total. The van der Waals surface area contributed by atoms with Crippen molar-refractivity contribution in [1.29, 1.82) is 0 Å². The summed E-state index contributed by atoms with van der Waals surface area (Å²) in [6.07, 6.45) is 3.44. The average molecular weight is 296 g/mol. The molecular formula is C13H20N4O2S. The van der Waals surface area contributed by atoms with Gasteiger partial charge in [0.1, 0.15) is 5.01 Å². The molecule has 2 heterocycles. The van der Waals surface area contributed by atoms with Gasteiger partial charge in [-0.05, 0) is 26.2 Å². The predicted molar refractivity (Wildman–Crippen MR) is 77.1 cm³/mol. The molecule has 1 N–H and O–H groups in total. The second kappa shape index (κ2) is 6.05. The number of urea groups is 1. The Morgan fingerprint density at radius 1 is 1.45 bits per heavy atom. The zero-order valence-corrected chi connectivity index (χ0v) is 12.5. The summed E-state index contributed by atoms with van der Waals surface area (Å²) in [5, 5.41) is 12.7. The van der Waals surface area contributed by atoms with Crippen molar-refractivity contribution in [2.75, 3.05) is 31.6 Å². The monoisotopic (exact) mass is 296 g/mol. The number of amides is 2. The van der Waals surface area contributed by atoms with Crippen LogP contribution in [0.4, 0.5) is 9.93 Å². The van der Waals surface area contributed by atoms with Crippen molar-refractivity contribution in [3.63, 3.8) is 0 Å². The predicted octanol–water partition coefficient (Wildman–Crippen LogP) is 2.31. The number of ether oxygens (including phenoxy) is 1. The quantitative estimate of drug-likeness (QED) is 0.905. The maximum absolute atomic E-state index is 12.2. The van der Waals surface area contributed by atoms with Crippen LogP contribution in [0.5, 0.6) is 0 Å². The van der Waals surface area contributed by atoms with Crippen molar-refractivity contribution in [2.45, 2.75) is 32.1 Å². The molecule has 0 radical (unpaired) electrons. The van der Waals surface area contributed by atoms with E-state index in [1.165, 1.54) is 24.2 Å². The Morgan fingerprint density at radius 3 is 2.95 bits per heavy atom. The molecule has 1 aromatic heterocycles. The third-order valence-electron chi connectivity index (χ3n) is 3.75. The second-order valence-electron chi connectivity index (χ2n) is 5.42. The minimum Gasteiger partial charge on any atom is -0.381 e. The van der Waals surface area contributed by atoms with Crippen LogP contribution < -0.4 is 5.32 Å². The van der Waals surface area contributed by atoms with Crippen LogP contribution in [0.25, 0.3) is 0 Å². The van der Waals surface area contributed by atoms with Crippen LogP contribution in [-0.4, -0.2) is 47.4 Å².